The second-order valence-electron chi connectivity index (χ2n) is 4.42. The molecule has 1 heterocycles. The Bertz CT molecular complexity index is 535. The topological polar surface area (TPSA) is 74.2 Å². The van der Waals surface area contributed by atoms with Crippen molar-refractivity contribution < 1.29 is 9.26 Å². The minimum Gasteiger partial charge on any atom is -0.483 e. The molecule has 1 aliphatic rings. The van der Waals surface area contributed by atoms with Crippen molar-refractivity contribution in [1.82, 2.24) is 10.1 Å². The average molecular weight is 245 g/mol. The molecule has 5 heteroatoms. The number of hydrogen-bond acceptors (Lipinski definition) is 5. The lowest BCUT2D eigenvalue weighted by atomic mass is 10.2. The summed E-state index contributed by atoms with van der Waals surface area (Å²) in [6.07, 6.45) is 2.33. The molecule has 0 aliphatic heterocycles. The van der Waals surface area contributed by atoms with Gasteiger partial charge in [-0.05, 0) is 18.9 Å². The van der Waals surface area contributed by atoms with Crippen molar-refractivity contribution >= 4 is 0 Å². The number of hydrogen-bond donors (Lipinski definition) is 1. The molecule has 1 aromatic heterocycles. The molecule has 1 aromatic carbocycles. The van der Waals surface area contributed by atoms with E-state index in [4.69, 9.17) is 15.0 Å². The van der Waals surface area contributed by atoms with Crippen molar-refractivity contribution in [2.75, 3.05) is 0 Å². The zero-order chi connectivity index (χ0) is 12.4. The predicted octanol–water partition coefficient (Wildman–Crippen LogP) is 1.98. The van der Waals surface area contributed by atoms with Gasteiger partial charge in [0.25, 0.3) is 5.89 Å². The molecule has 2 N–H and O–H groups in total. The molecule has 0 spiro atoms. The van der Waals surface area contributed by atoms with Crippen molar-refractivity contribution in [3.63, 3.8) is 0 Å². The first-order chi connectivity index (χ1) is 8.86. The summed E-state index contributed by atoms with van der Waals surface area (Å²) < 4.78 is 10.8. The molecule has 18 heavy (non-hydrogen) atoms. The van der Waals surface area contributed by atoms with Crippen LogP contribution in [-0.2, 0) is 13.2 Å². The summed E-state index contributed by atoms with van der Waals surface area (Å²) in [7, 11) is 0. The van der Waals surface area contributed by atoms with Gasteiger partial charge in [-0.25, -0.2) is 0 Å². The largest absolute Gasteiger partial charge is 0.483 e. The molecular weight excluding hydrogens is 230 g/mol. The summed E-state index contributed by atoms with van der Waals surface area (Å²) in [4.78, 5) is 4.31. The van der Waals surface area contributed by atoms with E-state index in [1.165, 1.54) is 0 Å². The van der Waals surface area contributed by atoms with Crippen LogP contribution in [-0.4, -0.2) is 10.1 Å². The molecule has 2 aromatic rings. The summed E-state index contributed by atoms with van der Waals surface area (Å²) in [5.41, 5.74) is 6.61. The highest BCUT2D eigenvalue weighted by Gasteiger charge is 2.28. The molecule has 1 fully saturated rings. The molecule has 0 atom stereocenters. The summed E-state index contributed by atoms with van der Waals surface area (Å²) in [6.45, 7) is 0.740. The minimum atomic E-state index is 0.288. The zero-order valence-corrected chi connectivity index (χ0v) is 10.0. The first kappa shape index (κ1) is 11.2. The summed E-state index contributed by atoms with van der Waals surface area (Å²) >= 11 is 0. The molecule has 0 unspecified atom stereocenters. The number of ether oxygens (including phenoxy) is 1. The molecular formula is C13H15N3O2. The Labute approximate surface area is 105 Å². The van der Waals surface area contributed by atoms with Gasteiger partial charge < -0.3 is 15.0 Å². The zero-order valence-electron chi connectivity index (χ0n) is 10.0. The van der Waals surface area contributed by atoms with Gasteiger partial charge in [0.15, 0.2) is 12.4 Å². The second kappa shape index (κ2) is 4.78. The molecule has 1 aliphatic carbocycles. The smallest absolute Gasteiger partial charge is 0.264 e. The van der Waals surface area contributed by atoms with E-state index in [1.54, 1.807) is 0 Å². The molecule has 5 nitrogen and oxygen atoms in total. The highest BCUT2D eigenvalue weighted by atomic mass is 16.5. The van der Waals surface area contributed by atoms with E-state index < -0.39 is 0 Å². The van der Waals surface area contributed by atoms with Gasteiger partial charge in [0, 0.05) is 18.0 Å². The number of para-hydroxylation sites is 1. The number of nitrogens with two attached hydrogens (primary N) is 1. The Morgan fingerprint density at radius 1 is 1.33 bits per heavy atom. The Balaban J connectivity index is 1.65. The molecule has 0 bridgehead atoms. The maximum Gasteiger partial charge on any atom is 0.264 e. The van der Waals surface area contributed by atoms with E-state index >= 15 is 0 Å². The Hall–Kier alpha value is -1.88. The van der Waals surface area contributed by atoms with Crippen LogP contribution in [0.4, 0.5) is 0 Å². The maximum absolute atomic E-state index is 5.65. The Kier molecular flexibility index (Phi) is 2.98. The predicted molar refractivity (Wildman–Crippen MR) is 64.9 cm³/mol. The standard InChI is InChI=1S/C13H15N3O2/c14-7-10-3-1-2-4-11(10)17-8-12-15-13(16-18-12)9-5-6-9/h1-4,9H,5-8,14H2. The number of nitrogens with zero attached hydrogens (tertiary/aromatic N) is 2. The number of rotatable bonds is 5. The number of benzene rings is 1. The van der Waals surface area contributed by atoms with Crippen molar-refractivity contribution in [2.45, 2.75) is 31.9 Å². The molecule has 0 saturated heterocycles. The van der Waals surface area contributed by atoms with Crippen LogP contribution < -0.4 is 10.5 Å². The molecule has 0 radical (unpaired) electrons. The van der Waals surface area contributed by atoms with Crippen molar-refractivity contribution in [3.8, 4) is 5.75 Å². The fourth-order valence-corrected chi connectivity index (χ4v) is 1.79. The lowest BCUT2D eigenvalue weighted by Crippen LogP contribution is -2.02. The van der Waals surface area contributed by atoms with Crippen LogP contribution in [0.3, 0.4) is 0 Å². The minimum absolute atomic E-state index is 0.288. The van der Waals surface area contributed by atoms with Crippen LogP contribution in [0.5, 0.6) is 5.75 Å². The third-order valence-corrected chi connectivity index (χ3v) is 2.97. The van der Waals surface area contributed by atoms with Crippen molar-refractivity contribution in [2.24, 2.45) is 5.73 Å². The van der Waals surface area contributed by atoms with E-state index in [0.29, 0.717) is 18.4 Å². The van der Waals surface area contributed by atoms with E-state index in [2.05, 4.69) is 10.1 Å². The van der Waals surface area contributed by atoms with Gasteiger partial charge in [-0.2, -0.15) is 4.98 Å². The van der Waals surface area contributed by atoms with Crippen LogP contribution in [0.1, 0.15) is 36.0 Å². The van der Waals surface area contributed by atoms with Gasteiger partial charge in [-0.1, -0.05) is 23.4 Å². The molecule has 94 valence electrons. The van der Waals surface area contributed by atoms with Crippen LogP contribution in [0, 0.1) is 0 Å². The SMILES string of the molecule is NCc1ccccc1OCc1nc(C2CC2)no1. The van der Waals surface area contributed by atoms with E-state index in [9.17, 15) is 0 Å². The normalized spacial score (nSPS) is 14.7. The van der Waals surface area contributed by atoms with E-state index in [1.807, 2.05) is 24.3 Å². The van der Waals surface area contributed by atoms with Crippen LogP contribution in [0.2, 0.25) is 0 Å². The highest BCUT2D eigenvalue weighted by molar-refractivity contribution is 5.32. The monoisotopic (exact) mass is 245 g/mol. The highest BCUT2D eigenvalue weighted by Crippen LogP contribution is 2.38. The third-order valence-electron chi connectivity index (χ3n) is 2.97. The van der Waals surface area contributed by atoms with Gasteiger partial charge in [-0.3, -0.25) is 0 Å². The van der Waals surface area contributed by atoms with Gasteiger partial charge in [-0.15, -0.1) is 0 Å². The molecule has 0 amide bonds. The van der Waals surface area contributed by atoms with Crippen LogP contribution in [0.15, 0.2) is 28.8 Å². The fourth-order valence-electron chi connectivity index (χ4n) is 1.79. The van der Waals surface area contributed by atoms with Gasteiger partial charge in [0.05, 0.1) is 0 Å². The first-order valence-electron chi connectivity index (χ1n) is 6.10. The first-order valence-corrected chi connectivity index (χ1v) is 6.10. The maximum atomic E-state index is 5.65. The lowest BCUT2D eigenvalue weighted by molar-refractivity contribution is 0.240. The van der Waals surface area contributed by atoms with Gasteiger partial charge in [0.1, 0.15) is 5.75 Å². The second-order valence-corrected chi connectivity index (χ2v) is 4.42. The quantitative estimate of drug-likeness (QED) is 0.871. The van der Waals surface area contributed by atoms with Crippen LogP contribution in [0.25, 0.3) is 0 Å². The summed E-state index contributed by atoms with van der Waals surface area (Å²) in [5.74, 6) is 2.59. The van der Waals surface area contributed by atoms with Gasteiger partial charge in [0.2, 0.25) is 0 Å². The third kappa shape index (κ3) is 2.36. The van der Waals surface area contributed by atoms with E-state index in [0.717, 1.165) is 30.0 Å². The number of aromatic nitrogens is 2. The lowest BCUT2D eigenvalue weighted by Gasteiger charge is -2.07. The summed E-state index contributed by atoms with van der Waals surface area (Å²) in [6, 6.07) is 7.68. The fraction of sp³-hybridized carbons (Fsp3) is 0.385. The summed E-state index contributed by atoms with van der Waals surface area (Å²) in [5, 5.41) is 3.94. The average Bonchev–Trinajstić information content (AvgIpc) is 3.16. The Morgan fingerprint density at radius 2 is 2.17 bits per heavy atom. The molecule has 1 saturated carbocycles. The van der Waals surface area contributed by atoms with E-state index in [-0.39, 0.29) is 6.61 Å². The van der Waals surface area contributed by atoms with Crippen LogP contribution >= 0.6 is 0 Å². The van der Waals surface area contributed by atoms with Gasteiger partial charge >= 0.3 is 0 Å². The van der Waals surface area contributed by atoms with Crippen molar-refractivity contribution in [1.29, 1.82) is 0 Å². The van der Waals surface area contributed by atoms with Crippen molar-refractivity contribution in [3.05, 3.63) is 41.5 Å². The molecule has 3 rings (SSSR count). The Morgan fingerprint density at radius 3 is 2.94 bits per heavy atom.